The van der Waals surface area contributed by atoms with Gasteiger partial charge in [0.1, 0.15) is 11.3 Å². The maximum atomic E-state index is 11.8. The molecule has 0 saturated heterocycles. The molecule has 1 aromatic heterocycles. The maximum absolute atomic E-state index is 11.8. The molecule has 1 amide bonds. The van der Waals surface area contributed by atoms with E-state index in [9.17, 15) is 19.7 Å². The molecule has 0 aliphatic carbocycles. The molecule has 2 aromatic rings. The summed E-state index contributed by atoms with van der Waals surface area (Å²) >= 11 is 0. The summed E-state index contributed by atoms with van der Waals surface area (Å²) in [6.07, 6.45) is 4.18. The van der Waals surface area contributed by atoms with Crippen LogP contribution in [0.1, 0.15) is 39.0 Å². The number of nitrogens with zero attached hydrogens (tertiary/aromatic N) is 1. The fourth-order valence-corrected chi connectivity index (χ4v) is 2.24. The van der Waals surface area contributed by atoms with Crippen LogP contribution in [0.5, 0.6) is 0 Å². The molecule has 0 fully saturated rings. The summed E-state index contributed by atoms with van der Waals surface area (Å²) in [7, 11) is 0. The van der Waals surface area contributed by atoms with E-state index in [2.05, 4.69) is 12.2 Å². The molecule has 23 heavy (non-hydrogen) atoms. The predicted octanol–water partition coefficient (Wildman–Crippen LogP) is 3.61. The highest BCUT2D eigenvalue weighted by Gasteiger charge is 2.12. The molecule has 0 aliphatic rings. The number of anilines is 1. The lowest BCUT2D eigenvalue weighted by Gasteiger charge is -2.05. The number of amides is 1. The Bertz CT molecular complexity index is 782. The molecule has 0 bridgehead atoms. The summed E-state index contributed by atoms with van der Waals surface area (Å²) in [5, 5.41) is 13.7. The third-order valence-electron chi connectivity index (χ3n) is 3.46. The van der Waals surface area contributed by atoms with Crippen molar-refractivity contribution in [3.63, 3.8) is 0 Å². The van der Waals surface area contributed by atoms with E-state index in [-0.39, 0.29) is 22.9 Å². The Balaban J connectivity index is 2.16. The second-order valence-corrected chi connectivity index (χ2v) is 5.29. The average molecular weight is 318 g/mol. The SMILES string of the molecule is CCCCCCC(=O)Nc1cc2cc([N+](=O)[O-])ccc2oc1=O. The first-order valence-electron chi connectivity index (χ1n) is 7.53. The number of unbranched alkanes of at least 4 members (excludes halogenated alkanes) is 3. The van der Waals surface area contributed by atoms with Crippen molar-refractivity contribution in [2.24, 2.45) is 0 Å². The van der Waals surface area contributed by atoms with Gasteiger partial charge in [-0.25, -0.2) is 4.79 Å². The Kier molecular flexibility index (Phi) is 5.46. The van der Waals surface area contributed by atoms with Gasteiger partial charge < -0.3 is 9.73 Å². The third kappa shape index (κ3) is 4.38. The molecule has 1 N–H and O–H groups in total. The maximum Gasteiger partial charge on any atom is 0.360 e. The number of hydrogen-bond acceptors (Lipinski definition) is 5. The van der Waals surface area contributed by atoms with Crippen LogP contribution in [0, 0.1) is 10.1 Å². The van der Waals surface area contributed by atoms with Crippen molar-refractivity contribution in [3.8, 4) is 0 Å². The summed E-state index contributed by atoms with van der Waals surface area (Å²) < 4.78 is 5.08. The molecule has 1 heterocycles. The largest absolute Gasteiger partial charge is 0.421 e. The molecule has 0 radical (unpaired) electrons. The molecule has 0 unspecified atom stereocenters. The van der Waals surface area contributed by atoms with Crippen molar-refractivity contribution in [2.45, 2.75) is 39.0 Å². The van der Waals surface area contributed by atoms with Crippen LogP contribution in [0.25, 0.3) is 11.0 Å². The molecule has 7 nitrogen and oxygen atoms in total. The summed E-state index contributed by atoms with van der Waals surface area (Å²) in [6.45, 7) is 2.08. The second kappa shape index (κ2) is 7.53. The first-order chi connectivity index (χ1) is 11.0. The van der Waals surface area contributed by atoms with E-state index in [4.69, 9.17) is 4.42 Å². The van der Waals surface area contributed by atoms with Crippen LogP contribution in [-0.2, 0) is 4.79 Å². The normalized spacial score (nSPS) is 10.7. The van der Waals surface area contributed by atoms with Crippen LogP contribution in [0.3, 0.4) is 0 Å². The van der Waals surface area contributed by atoms with Gasteiger partial charge in [0.15, 0.2) is 0 Å². The van der Waals surface area contributed by atoms with Crippen molar-refractivity contribution in [1.82, 2.24) is 0 Å². The fraction of sp³-hybridized carbons (Fsp3) is 0.375. The summed E-state index contributed by atoms with van der Waals surface area (Å²) in [5.74, 6) is -0.266. The van der Waals surface area contributed by atoms with Gasteiger partial charge in [-0.2, -0.15) is 0 Å². The number of rotatable bonds is 7. The minimum Gasteiger partial charge on any atom is -0.421 e. The Labute approximate surface area is 132 Å². The molecule has 1 aromatic carbocycles. The van der Waals surface area contributed by atoms with Gasteiger partial charge >= 0.3 is 5.63 Å². The van der Waals surface area contributed by atoms with Gasteiger partial charge in [0.25, 0.3) is 5.69 Å². The number of nitrogens with one attached hydrogen (secondary N) is 1. The minimum absolute atomic E-state index is 0.00140. The average Bonchev–Trinajstić information content (AvgIpc) is 2.52. The number of carbonyl (C=O) groups is 1. The van der Waals surface area contributed by atoms with Crippen molar-refractivity contribution in [2.75, 3.05) is 5.32 Å². The molecule has 122 valence electrons. The predicted molar refractivity (Wildman–Crippen MR) is 86.5 cm³/mol. The van der Waals surface area contributed by atoms with Gasteiger partial charge in [0.2, 0.25) is 5.91 Å². The van der Waals surface area contributed by atoms with Crippen LogP contribution in [-0.4, -0.2) is 10.8 Å². The third-order valence-corrected chi connectivity index (χ3v) is 3.46. The number of nitro groups is 1. The monoisotopic (exact) mass is 318 g/mol. The molecule has 0 spiro atoms. The molecule has 0 aliphatic heterocycles. The Hall–Kier alpha value is -2.70. The van der Waals surface area contributed by atoms with E-state index >= 15 is 0 Å². The van der Waals surface area contributed by atoms with Gasteiger partial charge in [0.05, 0.1) is 4.92 Å². The highest BCUT2D eigenvalue weighted by Crippen LogP contribution is 2.21. The summed E-state index contributed by atoms with van der Waals surface area (Å²) in [4.78, 5) is 33.9. The van der Waals surface area contributed by atoms with E-state index in [1.165, 1.54) is 24.3 Å². The van der Waals surface area contributed by atoms with Crippen molar-refractivity contribution >= 4 is 28.3 Å². The zero-order valence-electron chi connectivity index (χ0n) is 12.8. The summed E-state index contributed by atoms with van der Waals surface area (Å²) in [5.41, 5.74) is -0.545. The first-order valence-corrected chi connectivity index (χ1v) is 7.53. The quantitative estimate of drug-likeness (QED) is 0.363. The number of non-ortho nitro benzene ring substituents is 1. The second-order valence-electron chi connectivity index (χ2n) is 5.29. The minimum atomic E-state index is -0.673. The van der Waals surface area contributed by atoms with E-state index in [0.717, 1.165) is 25.7 Å². The smallest absolute Gasteiger partial charge is 0.360 e. The zero-order chi connectivity index (χ0) is 16.8. The fourth-order valence-electron chi connectivity index (χ4n) is 2.24. The topological polar surface area (TPSA) is 102 Å². The van der Waals surface area contributed by atoms with Crippen molar-refractivity contribution in [1.29, 1.82) is 0 Å². The first kappa shape index (κ1) is 16.7. The van der Waals surface area contributed by atoms with Crippen molar-refractivity contribution < 1.29 is 14.1 Å². The number of fused-ring (bicyclic) bond motifs is 1. The van der Waals surface area contributed by atoms with Crippen LogP contribution >= 0.6 is 0 Å². The number of nitro benzene ring substituents is 1. The van der Waals surface area contributed by atoms with Crippen LogP contribution in [0.4, 0.5) is 11.4 Å². The standard InChI is InChI=1S/C16H18N2O5/c1-2-3-4-5-6-15(19)17-13-10-11-9-12(18(21)22)7-8-14(11)23-16(13)20/h7-10H,2-6H2,1H3,(H,17,19). The number of hydrogen-bond donors (Lipinski definition) is 1. The van der Waals surface area contributed by atoms with Gasteiger partial charge in [-0.15, -0.1) is 0 Å². The lowest BCUT2D eigenvalue weighted by atomic mass is 10.1. The highest BCUT2D eigenvalue weighted by molar-refractivity contribution is 5.92. The highest BCUT2D eigenvalue weighted by atomic mass is 16.6. The number of carbonyl (C=O) groups excluding carboxylic acids is 1. The lowest BCUT2D eigenvalue weighted by Crippen LogP contribution is -2.17. The zero-order valence-corrected chi connectivity index (χ0v) is 12.8. The molecule has 0 atom stereocenters. The van der Waals surface area contributed by atoms with Gasteiger partial charge in [0, 0.05) is 23.9 Å². The summed E-state index contributed by atoms with van der Waals surface area (Å²) in [6, 6.07) is 5.33. The molecular formula is C16H18N2O5. The Morgan fingerprint density at radius 1 is 1.26 bits per heavy atom. The van der Waals surface area contributed by atoms with Crippen LogP contribution in [0.2, 0.25) is 0 Å². The number of benzene rings is 1. The molecular weight excluding hydrogens is 300 g/mol. The van der Waals surface area contributed by atoms with Gasteiger partial charge in [-0.3, -0.25) is 14.9 Å². The lowest BCUT2D eigenvalue weighted by molar-refractivity contribution is -0.384. The van der Waals surface area contributed by atoms with E-state index in [1.807, 2.05) is 0 Å². The molecule has 0 saturated carbocycles. The van der Waals surface area contributed by atoms with Crippen LogP contribution in [0.15, 0.2) is 33.5 Å². The van der Waals surface area contributed by atoms with Gasteiger partial charge in [-0.05, 0) is 18.6 Å². The Morgan fingerprint density at radius 2 is 2.04 bits per heavy atom. The Morgan fingerprint density at radius 3 is 2.74 bits per heavy atom. The van der Waals surface area contributed by atoms with Gasteiger partial charge in [-0.1, -0.05) is 26.2 Å². The molecule has 7 heteroatoms. The van der Waals surface area contributed by atoms with E-state index < -0.39 is 10.5 Å². The molecule has 2 rings (SSSR count). The van der Waals surface area contributed by atoms with Crippen molar-refractivity contribution in [3.05, 3.63) is 44.8 Å². The van der Waals surface area contributed by atoms with E-state index in [1.54, 1.807) is 0 Å². The van der Waals surface area contributed by atoms with E-state index in [0.29, 0.717) is 11.8 Å². The van der Waals surface area contributed by atoms with Crippen LogP contribution < -0.4 is 10.9 Å².